The summed E-state index contributed by atoms with van der Waals surface area (Å²) in [7, 11) is 1.56. The summed E-state index contributed by atoms with van der Waals surface area (Å²) < 4.78 is 0. The van der Waals surface area contributed by atoms with E-state index in [0.29, 0.717) is 5.69 Å². The van der Waals surface area contributed by atoms with Crippen LogP contribution in [0.3, 0.4) is 0 Å². The average molecular weight is 257 g/mol. The van der Waals surface area contributed by atoms with Gasteiger partial charge in [-0.1, -0.05) is 24.3 Å². The topological polar surface area (TPSA) is 70.2 Å². The van der Waals surface area contributed by atoms with Gasteiger partial charge >= 0.3 is 6.03 Å². The predicted octanol–water partition coefficient (Wildman–Crippen LogP) is 2.55. The van der Waals surface area contributed by atoms with E-state index in [1.807, 2.05) is 36.4 Å². The standard InChI is InChI=1S/C14H15N3O2/c1-9(18)16-12-7-3-6-11-10(12)5-4-8-13(11)17-14(19)15-2/h3-8H,1-2H3,(H,16,18)(H2,15,17,19). The molecule has 98 valence electrons. The molecule has 0 saturated carbocycles. The lowest BCUT2D eigenvalue weighted by Crippen LogP contribution is -2.24. The minimum absolute atomic E-state index is 0.128. The first-order valence-electron chi connectivity index (χ1n) is 5.90. The van der Waals surface area contributed by atoms with E-state index in [2.05, 4.69) is 16.0 Å². The monoisotopic (exact) mass is 257 g/mol. The highest BCUT2D eigenvalue weighted by molar-refractivity contribution is 6.08. The number of amides is 3. The number of carbonyl (C=O) groups is 2. The zero-order valence-corrected chi connectivity index (χ0v) is 10.8. The van der Waals surface area contributed by atoms with Crippen molar-refractivity contribution in [1.29, 1.82) is 0 Å². The summed E-state index contributed by atoms with van der Waals surface area (Å²) in [5, 5.41) is 9.79. The maximum atomic E-state index is 11.4. The van der Waals surface area contributed by atoms with Gasteiger partial charge in [0.05, 0.1) is 5.69 Å². The molecule has 0 aliphatic rings. The highest BCUT2D eigenvalue weighted by Crippen LogP contribution is 2.29. The summed E-state index contributed by atoms with van der Waals surface area (Å²) in [6.45, 7) is 1.46. The molecule has 2 aromatic carbocycles. The van der Waals surface area contributed by atoms with Crippen molar-refractivity contribution >= 4 is 34.1 Å². The maximum absolute atomic E-state index is 11.4. The minimum atomic E-state index is -0.280. The number of benzene rings is 2. The number of carbonyl (C=O) groups excluding carboxylic acids is 2. The molecule has 5 heteroatoms. The lowest BCUT2D eigenvalue weighted by atomic mass is 10.1. The molecule has 19 heavy (non-hydrogen) atoms. The van der Waals surface area contributed by atoms with Gasteiger partial charge in [0.25, 0.3) is 0 Å². The number of nitrogens with one attached hydrogen (secondary N) is 3. The smallest absolute Gasteiger partial charge is 0.318 e. The maximum Gasteiger partial charge on any atom is 0.318 e. The Morgan fingerprint density at radius 1 is 0.895 bits per heavy atom. The second-order valence-electron chi connectivity index (χ2n) is 4.09. The van der Waals surface area contributed by atoms with Crippen LogP contribution in [0, 0.1) is 0 Å². The van der Waals surface area contributed by atoms with Gasteiger partial charge < -0.3 is 16.0 Å². The first kappa shape index (κ1) is 12.9. The summed E-state index contributed by atoms with van der Waals surface area (Å²) in [6, 6.07) is 10.8. The normalized spacial score (nSPS) is 10.0. The van der Waals surface area contributed by atoms with Gasteiger partial charge in [-0.15, -0.1) is 0 Å². The van der Waals surface area contributed by atoms with Gasteiger partial charge in [-0.25, -0.2) is 4.79 Å². The summed E-state index contributed by atoms with van der Waals surface area (Å²) in [6.07, 6.45) is 0. The van der Waals surface area contributed by atoms with Crippen molar-refractivity contribution in [1.82, 2.24) is 5.32 Å². The summed E-state index contributed by atoms with van der Waals surface area (Å²) in [4.78, 5) is 22.6. The van der Waals surface area contributed by atoms with E-state index in [1.165, 1.54) is 6.92 Å². The second-order valence-corrected chi connectivity index (χ2v) is 4.09. The molecule has 5 nitrogen and oxygen atoms in total. The third-order valence-corrected chi connectivity index (χ3v) is 2.71. The fourth-order valence-corrected chi connectivity index (χ4v) is 1.90. The van der Waals surface area contributed by atoms with Crippen molar-refractivity contribution in [3.05, 3.63) is 36.4 Å². The number of anilines is 2. The Hall–Kier alpha value is -2.56. The van der Waals surface area contributed by atoms with Crippen molar-refractivity contribution in [2.75, 3.05) is 17.7 Å². The van der Waals surface area contributed by atoms with Crippen LogP contribution in [0.25, 0.3) is 10.8 Å². The fraction of sp³-hybridized carbons (Fsp3) is 0.143. The summed E-state index contributed by atoms with van der Waals surface area (Å²) >= 11 is 0. The highest BCUT2D eigenvalue weighted by atomic mass is 16.2. The van der Waals surface area contributed by atoms with Gasteiger partial charge in [-0.05, 0) is 12.1 Å². The molecule has 0 aromatic heterocycles. The molecule has 0 saturated heterocycles. The van der Waals surface area contributed by atoms with E-state index in [-0.39, 0.29) is 11.9 Å². The number of hydrogen-bond donors (Lipinski definition) is 3. The van der Waals surface area contributed by atoms with Crippen molar-refractivity contribution in [3.8, 4) is 0 Å². The third kappa shape index (κ3) is 2.82. The molecule has 0 fully saturated rings. The molecule has 0 atom stereocenters. The first-order valence-corrected chi connectivity index (χ1v) is 5.90. The SMILES string of the molecule is CNC(=O)Nc1cccc2c(NC(C)=O)cccc12. The molecule has 3 N–H and O–H groups in total. The molecule has 0 bridgehead atoms. The lowest BCUT2D eigenvalue weighted by Gasteiger charge is -2.11. The quantitative estimate of drug-likeness (QED) is 0.773. The van der Waals surface area contributed by atoms with Crippen LogP contribution in [-0.4, -0.2) is 19.0 Å². The Morgan fingerprint density at radius 2 is 1.42 bits per heavy atom. The molecule has 0 aliphatic carbocycles. The van der Waals surface area contributed by atoms with Gasteiger partial charge in [-0.2, -0.15) is 0 Å². The Bertz CT molecular complexity index is 638. The van der Waals surface area contributed by atoms with Gasteiger partial charge in [-0.3, -0.25) is 4.79 Å². The molecule has 0 aliphatic heterocycles. The summed E-state index contributed by atoms with van der Waals surface area (Å²) in [5.74, 6) is -0.128. The zero-order chi connectivity index (χ0) is 13.8. The third-order valence-electron chi connectivity index (χ3n) is 2.71. The van der Waals surface area contributed by atoms with Crippen LogP contribution in [0.5, 0.6) is 0 Å². The van der Waals surface area contributed by atoms with Gasteiger partial charge in [0.15, 0.2) is 0 Å². The predicted molar refractivity (Wildman–Crippen MR) is 76.3 cm³/mol. The van der Waals surface area contributed by atoms with Crippen molar-refractivity contribution in [2.45, 2.75) is 6.92 Å². The fourth-order valence-electron chi connectivity index (χ4n) is 1.90. The van der Waals surface area contributed by atoms with E-state index in [9.17, 15) is 9.59 Å². The molecular formula is C14H15N3O2. The molecule has 0 radical (unpaired) electrons. The van der Waals surface area contributed by atoms with Gasteiger partial charge in [0.2, 0.25) is 5.91 Å². The van der Waals surface area contributed by atoms with E-state index in [4.69, 9.17) is 0 Å². The van der Waals surface area contributed by atoms with Crippen LogP contribution in [0.4, 0.5) is 16.2 Å². The van der Waals surface area contributed by atoms with Gasteiger partial charge in [0, 0.05) is 30.4 Å². The Labute approximate surface area is 111 Å². The van der Waals surface area contributed by atoms with Crippen LogP contribution in [0.1, 0.15) is 6.92 Å². The zero-order valence-electron chi connectivity index (χ0n) is 10.8. The number of hydrogen-bond acceptors (Lipinski definition) is 2. The van der Waals surface area contributed by atoms with E-state index < -0.39 is 0 Å². The Kier molecular flexibility index (Phi) is 3.66. The highest BCUT2D eigenvalue weighted by Gasteiger charge is 2.07. The number of urea groups is 1. The molecule has 0 unspecified atom stereocenters. The van der Waals surface area contributed by atoms with E-state index >= 15 is 0 Å². The summed E-state index contributed by atoms with van der Waals surface area (Å²) in [5.41, 5.74) is 1.43. The van der Waals surface area contributed by atoms with Crippen LogP contribution >= 0.6 is 0 Å². The van der Waals surface area contributed by atoms with Crippen molar-refractivity contribution in [2.24, 2.45) is 0 Å². The Balaban J connectivity index is 2.50. The first-order chi connectivity index (χ1) is 9.11. The van der Waals surface area contributed by atoms with Crippen LogP contribution < -0.4 is 16.0 Å². The van der Waals surface area contributed by atoms with Crippen LogP contribution in [-0.2, 0) is 4.79 Å². The van der Waals surface area contributed by atoms with Crippen LogP contribution in [0.2, 0.25) is 0 Å². The lowest BCUT2D eigenvalue weighted by molar-refractivity contribution is -0.114. The number of fused-ring (bicyclic) bond motifs is 1. The molecular weight excluding hydrogens is 242 g/mol. The molecule has 2 aromatic rings. The van der Waals surface area contributed by atoms with Gasteiger partial charge in [0.1, 0.15) is 0 Å². The van der Waals surface area contributed by atoms with E-state index in [1.54, 1.807) is 7.05 Å². The van der Waals surface area contributed by atoms with Crippen molar-refractivity contribution in [3.63, 3.8) is 0 Å². The van der Waals surface area contributed by atoms with Crippen LogP contribution in [0.15, 0.2) is 36.4 Å². The average Bonchev–Trinajstić information content (AvgIpc) is 2.39. The minimum Gasteiger partial charge on any atom is -0.341 e. The molecule has 3 amide bonds. The largest absolute Gasteiger partial charge is 0.341 e. The van der Waals surface area contributed by atoms with E-state index in [0.717, 1.165) is 16.5 Å². The molecule has 2 rings (SSSR count). The second kappa shape index (κ2) is 5.39. The van der Waals surface area contributed by atoms with Crippen molar-refractivity contribution < 1.29 is 9.59 Å². The molecule has 0 heterocycles. The Morgan fingerprint density at radius 3 is 1.89 bits per heavy atom. The molecule has 0 spiro atoms. The number of rotatable bonds is 2.